The highest BCUT2D eigenvalue weighted by Crippen LogP contribution is 2.39. The largest absolute Gasteiger partial charge is 0.459 e. The third-order valence-electron chi connectivity index (χ3n) is 11.8. The van der Waals surface area contributed by atoms with Crippen LogP contribution < -0.4 is 0 Å². The lowest BCUT2D eigenvalue weighted by Crippen LogP contribution is -2.60. The van der Waals surface area contributed by atoms with Crippen LogP contribution in [0.4, 0.5) is 0 Å². The number of cyclic esters (lactones) is 1. The molecule has 14 nitrogen and oxygen atoms in total. The van der Waals surface area contributed by atoms with Crippen LogP contribution in [0.15, 0.2) is 0 Å². The topological polar surface area (TPSA) is 188 Å². The van der Waals surface area contributed by atoms with Crippen LogP contribution in [0.1, 0.15) is 94.9 Å². The highest BCUT2D eigenvalue weighted by Gasteiger charge is 2.51. The molecule has 3 unspecified atom stereocenters. The van der Waals surface area contributed by atoms with Gasteiger partial charge in [0.2, 0.25) is 6.41 Å². The summed E-state index contributed by atoms with van der Waals surface area (Å²) in [7, 11) is 3.40. The summed E-state index contributed by atoms with van der Waals surface area (Å²) in [5, 5.41) is 57.6. The number of likely N-dealkylation sites (N-methyl/N-ethyl adjacent to an activating group) is 2. The van der Waals surface area contributed by atoms with Crippen molar-refractivity contribution in [3.8, 4) is 0 Å². The molecule has 0 aromatic carbocycles. The van der Waals surface area contributed by atoms with Crippen LogP contribution in [0.2, 0.25) is 0 Å². The Kier molecular flexibility index (Phi) is 15.3. The zero-order chi connectivity index (χ0) is 38.7. The fraction of sp³-hybridized carbons (Fsp3) is 0.946. The van der Waals surface area contributed by atoms with E-state index in [2.05, 4.69) is 0 Å². The molecule has 3 heterocycles. The lowest BCUT2D eigenvalue weighted by Gasteiger charge is -2.47. The van der Waals surface area contributed by atoms with E-state index in [0.29, 0.717) is 25.8 Å². The summed E-state index contributed by atoms with van der Waals surface area (Å²) in [6.07, 6.45) is -7.64. The predicted octanol–water partition coefficient (Wildman–Crippen LogP) is 1.66. The van der Waals surface area contributed by atoms with E-state index >= 15 is 0 Å². The van der Waals surface area contributed by atoms with E-state index < -0.39 is 103 Å². The van der Waals surface area contributed by atoms with E-state index in [4.69, 9.17) is 23.7 Å². The molecule has 3 aliphatic rings. The number of rotatable bonds is 7. The predicted molar refractivity (Wildman–Crippen MR) is 188 cm³/mol. The molecule has 3 fully saturated rings. The fourth-order valence-corrected chi connectivity index (χ4v) is 8.48. The molecule has 0 saturated carbocycles. The molecule has 5 N–H and O–H groups in total. The summed E-state index contributed by atoms with van der Waals surface area (Å²) >= 11 is 0. The van der Waals surface area contributed by atoms with Gasteiger partial charge in [-0.05, 0) is 79.7 Å². The van der Waals surface area contributed by atoms with Crippen LogP contribution in [-0.4, -0.2) is 153 Å². The van der Waals surface area contributed by atoms with Crippen molar-refractivity contribution in [3.63, 3.8) is 0 Å². The number of aliphatic hydroxyl groups excluding tert-OH is 3. The summed E-state index contributed by atoms with van der Waals surface area (Å²) in [4.78, 5) is 29.1. The molecule has 51 heavy (non-hydrogen) atoms. The zero-order valence-electron chi connectivity index (χ0n) is 32.8. The maximum absolute atomic E-state index is 14.1. The van der Waals surface area contributed by atoms with Gasteiger partial charge in [0.25, 0.3) is 0 Å². The van der Waals surface area contributed by atoms with Crippen molar-refractivity contribution in [2.75, 3.05) is 20.6 Å². The number of amides is 1. The monoisotopic (exact) mass is 732 g/mol. The molecule has 0 spiro atoms. The number of aliphatic hydroxyl groups is 5. The number of carbonyl (C=O) groups is 2. The fourth-order valence-electron chi connectivity index (χ4n) is 8.48. The van der Waals surface area contributed by atoms with Gasteiger partial charge >= 0.3 is 5.97 Å². The highest BCUT2D eigenvalue weighted by molar-refractivity contribution is 5.73. The number of nitrogens with zero attached hydrogens (tertiary/aromatic N) is 2. The molecule has 0 aromatic rings. The van der Waals surface area contributed by atoms with Crippen LogP contribution in [0.25, 0.3) is 0 Å². The van der Waals surface area contributed by atoms with Crippen LogP contribution in [0.5, 0.6) is 0 Å². The molecule has 0 radical (unpaired) electrons. The van der Waals surface area contributed by atoms with Gasteiger partial charge in [-0.15, -0.1) is 0 Å². The number of hydrogen-bond donors (Lipinski definition) is 5. The van der Waals surface area contributed by atoms with E-state index in [1.165, 1.54) is 11.8 Å². The van der Waals surface area contributed by atoms with Gasteiger partial charge in [0, 0.05) is 32.0 Å². The molecule has 0 aromatic heterocycles. The average molecular weight is 733 g/mol. The summed E-state index contributed by atoms with van der Waals surface area (Å²) in [5.74, 6) is -2.80. The maximum Gasteiger partial charge on any atom is 0.311 e. The Balaban J connectivity index is 2.15. The highest BCUT2D eigenvalue weighted by atomic mass is 16.7. The first kappa shape index (κ1) is 43.9. The van der Waals surface area contributed by atoms with Gasteiger partial charge in [0.1, 0.15) is 23.9 Å². The Morgan fingerprint density at radius 3 is 2.18 bits per heavy atom. The average Bonchev–Trinajstić information content (AvgIpc) is 3.05. The number of ether oxygens (including phenoxy) is 5. The SMILES string of the molecule is CC[C@H]1OC(=O)[C@H](C)[C@@H](O[C@H]2C[C@@H](C)[C@@H](O)C(C)O2)[C@H](C)[C@@H](O[C@@H]2OC(C)C[C@H](N(C)C=O)C2O)[C@](C)(O)C[C@@H](C)CN(C)[C@H](C)[C@@H](O)[C@]1(C)O. The van der Waals surface area contributed by atoms with Crippen molar-refractivity contribution >= 4 is 12.4 Å². The van der Waals surface area contributed by atoms with Crippen molar-refractivity contribution in [1.82, 2.24) is 9.80 Å². The second kappa shape index (κ2) is 17.8. The van der Waals surface area contributed by atoms with Gasteiger partial charge in [-0.2, -0.15) is 0 Å². The van der Waals surface area contributed by atoms with Crippen LogP contribution >= 0.6 is 0 Å². The molecular formula is C37H68N2O12. The first-order valence-corrected chi connectivity index (χ1v) is 18.8. The Hall–Kier alpha value is -1.46. The van der Waals surface area contributed by atoms with Gasteiger partial charge in [-0.1, -0.05) is 27.7 Å². The molecule has 3 aliphatic heterocycles. The second-order valence-electron chi connectivity index (χ2n) is 16.5. The van der Waals surface area contributed by atoms with Crippen LogP contribution in [-0.2, 0) is 33.3 Å². The third kappa shape index (κ3) is 10.2. The molecule has 3 rings (SSSR count). The number of hydrogen-bond acceptors (Lipinski definition) is 13. The summed E-state index contributed by atoms with van der Waals surface area (Å²) < 4.78 is 31.4. The Morgan fingerprint density at radius 1 is 0.980 bits per heavy atom. The summed E-state index contributed by atoms with van der Waals surface area (Å²) in [6.45, 7) is 17.9. The molecule has 1 amide bonds. The smallest absolute Gasteiger partial charge is 0.311 e. The van der Waals surface area contributed by atoms with Crippen LogP contribution in [0.3, 0.4) is 0 Å². The summed E-state index contributed by atoms with van der Waals surface area (Å²) in [6, 6.07) is -1.16. The van der Waals surface area contributed by atoms with E-state index in [-0.39, 0.29) is 24.7 Å². The quantitative estimate of drug-likeness (QED) is 0.188. The Morgan fingerprint density at radius 2 is 1.61 bits per heavy atom. The second-order valence-corrected chi connectivity index (χ2v) is 16.5. The van der Waals surface area contributed by atoms with Gasteiger partial charge in [-0.3, -0.25) is 9.59 Å². The Labute approximate surface area is 304 Å². The summed E-state index contributed by atoms with van der Waals surface area (Å²) in [5.41, 5.74) is -3.39. The zero-order valence-corrected chi connectivity index (χ0v) is 32.8. The lowest BCUT2D eigenvalue weighted by molar-refractivity contribution is -0.309. The molecule has 3 saturated heterocycles. The third-order valence-corrected chi connectivity index (χ3v) is 11.8. The van der Waals surface area contributed by atoms with Crippen molar-refractivity contribution in [2.45, 2.75) is 180 Å². The van der Waals surface area contributed by atoms with Gasteiger partial charge < -0.3 is 59.0 Å². The van der Waals surface area contributed by atoms with Gasteiger partial charge in [-0.25, -0.2) is 0 Å². The maximum atomic E-state index is 14.1. The Bertz CT molecular complexity index is 1120. The van der Waals surface area contributed by atoms with E-state index in [0.717, 1.165) is 0 Å². The normalized spacial score (nSPS) is 48.6. The van der Waals surface area contributed by atoms with Gasteiger partial charge in [0.15, 0.2) is 12.6 Å². The molecule has 298 valence electrons. The minimum Gasteiger partial charge on any atom is -0.459 e. The van der Waals surface area contributed by atoms with E-state index in [1.54, 1.807) is 48.6 Å². The first-order valence-electron chi connectivity index (χ1n) is 18.8. The lowest BCUT2D eigenvalue weighted by atomic mass is 9.77. The van der Waals surface area contributed by atoms with Gasteiger partial charge in [0.05, 0.1) is 48.1 Å². The van der Waals surface area contributed by atoms with Crippen molar-refractivity contribution in [3.05, 3.63) is 0 Å². The molecule has 0 aliphatic carbocycles. The van der Waals surface area contributed by atoms with E-state index in [9.17, 15) is 35.1 Å². The van der Waals surface area contributed by atoms with E-state index in [1.807, 2.05) is 32.7 Å². The molecule has 14 heteroatoms. The van der Waals surface area contributed by atoms with Crippen LogP contribution in [0, 0.1) is 23.7 Å². The van der Waals surface area contributed by atoms with Crippen molar-refractivity contribution < 1.29 is 58.8 Å². The minimum absolute atomic E-state index is 0.167. The minimum atomic E-state index is -1.80. The molecule has 18 atom stereocenters. The molecule has 0 bridgehead atoms. The number of esters is 1. The van der Waals surface area contributed by atoms with Crippen molar-refractivity contribution in [1.29, 1.82) is 0 Å². The molecular weight excluding hydrogens is 664 g/mol. The standard InChI is InChI=1S/C37H68N2O12/c1-13-27-37(10,46)32(43)24(7)38(11)17-19(2)16-36(9,45)33(51-35-30(42)26(39(12)18-40)15-21(4)47-35)22(5)31(23(6)34(44)49-27)50-28-14-20(3)29(41)25(8)48-28/h18-33,35,41-43,45-46H,13-17H2,1-12H3/t19-,20-,21?,22+,23-,24-,25?,26+,27-,28+,29-,30?,31+,32-,33-,35+,36-,37-/m1/s1. The van der Waals surface area contributed by atoms with Crippen molar-refractivity contribution in [2.24, 2.45) is 23.7 Å². The first-order chi connectivity index (χ1) is 23.6. The number of carbonyl (C=O) groups excluding carboxylic acids is 2.